The number of pyridine rings is 4. The summed E-state index contributed by atoms with van der Waals surface area (Å²) in [4.78, 5) is 47.0. The number of amides is 1. The number of hydrogen-bond acceptors (Lipinski definition) is 15. The zero-order chi connectivity index (χ0) is 52.1. The van der Waals surface area contributed by atoms with E-state index in [1.807, 2.05) is 41.1 Å². The van der Waals surface area contributed by atoms with Gasteiger partial charge in [-0.15, -0.1) is 0 Å². The van der Waals surface area contributed by atoms with Crippen molar-refractivity contribution < 1.29 is 35.8 Å². The average molecular weight is 1040 g/mol. The van der Waals surface area contributed by atoms with Crippen LogP contribution in [0.2, 0.25) is 0 Å². The van der Waals surface area contributed by atoms with E-state index in [0.29, 0.717) is 101 Å². The van der Waals surface area contributed by atoms with Gasteiger partial charge in [-0.3, -0.25) is 33.2 Å². The van der Waals surface area contributed by atoms with Crippen LogP contribution in [0.25, 0.3) is 11.0 Å². The van der Waals surface area contributed by atoms with Crippen LogP contribution in [0.15, 0.2) is 90.0 Å². The van der Waals surface area contributed by atoms with Crippen molar-refractivity contribution in [2.75, 3.05) is 72.7 Å². The number of sulfonamides is 2. The lowest BCUT2D eigenvalue weighted by atomic mass is 10.1. The van der Waals surface area contributed by atoms with Crippen LogP contribution >= 0.6 is 0 Å². The molecule has 0 spiro atoms. The number of nitrogens with zero attached hydrogens (tertiary/aromatic N) is 9. The fourth-order valence-corrected chi connectivity index (χ4v) is 10.7. The molecule has 4 aliphatic heterocycles. The van der Waals surface area contributed by atoms with Gasteiger partial charge in [0.2, 0.25) is 20.0 Å². The lowest BCUT2D eigenvalue weighted by Gasteiger charge is -2.25. The number of anilines is 6. The highest BCUT2D eigenvalue weighted by atomic mass is 32.2. The Morgan fingerprint density at radius 2 is 1.22 bits per heavy atom. The monoisotopic (exact) mass is 1040 g/mol. The fraction of sp³-hybridized carbons (Fsp3) is 0.346. The summed E-state index contributed by atoms with van der Waals surface area (Å²) in [7, 11) is -0.524. The van der Waals surface area contributed by atoms with Crippen LogP contribution in [-0.2, 0) is 64.1 Å². The lowest BCUT2D eigenvalue weighted by molar-refractivity contribution is -0.0431. The minimum Gasteiger partial charge on any atom is -0.491 e. The molecule has 0 aliphatic carbocycles. The topological polar surface area (TPSA) is 225 Å². The number of aromatic nitrogens is 6. The van der Waals surface area contributed by atoms with E-state index in [0.717, 1.165) is 84.3 Å². The van der Waals surface area contributed by atoms with E-state index in [1.54, 1.807) is 72.5 Å². The van der Waals surface area contributed by atoms with Gasteiger partial charge in [-0.2, -0.15) is 0 Å². The summed E-state index contributed by atoms with van der Waals surface area (Å²) in [6.07, 6.45) is 10.9. The number of rotatable bonds is 13. The van der Waals surface area contributed by atoms with Gasteiger partial charge in [0.25, 0.3) is 11.5 Å². The molecular weight excluding hydrogens is 987 g/mol. The standard InChI is InChI=1S/C28H32N6O5S.C24H25N5O4S/c1-32-28(35)26-22(31-21-8-4-5-9-23(21)33(2)40(3,36)37)16-20(15-19-14-18-11-13-38-24(18)17-29-19)30-27(26)34(32)25-10-6-7-12-39-25;1-28-14-20-23(24(28)30)19(27-18-6-4-5-7-21(18)29(2)34(3,31)32)12-17(26-20)11-16-10-15-8-9-33-22(15)13-25-16/h4-5,8-9,14,16-17,25H,6-7,10-13,15H2,1-3H3,(H,30,31);4-7,10,12-13H,8-9,11,14H2,1-3H3,(H,26,27). The Balaban J connectivity index is 0.000000172. The van der Waals surface area contributed by atoms with Gasteiger partial charge in [0.05, 0.1) is 95.7 Å². The highest BCUT2D eigenvalue weighted by Gasteiger charge is 2.31. The van der Waals surface area contributed by atoms with Crippen molar-refractivity contribution in [3.05, 3.63) is 141 Å². The first-order chi connectivity index (χ1) is 35.4. The summed E-state index contributed by atoms with van der Waals surface area (Å²) in [5, 5.41) is 7.09. The van der Waals surface area contributed by atoms with Crippen molar-refractivity contribution in [3.8, 4) is 11.5 Å². The lowest BCUT2D eigenvalue weighted by Crippen LogP contribution is -2.27. The van der Waals surface area contributed by atoms with E-state index in [2.05, 4.69) is 20.6 Å². The minimum atomic E-state index is -3.52. The molecule has 5 aromatic heterocycles. The summed E-state index contributed by atoms with van der Waals surface area (Å²) in [6, 6.07) is 22.0. The predicted octanol–water partition coefficient (Wildman–Crippen LogP) is 6.22. The maximum atomic E-state index is 13.7. The first kappa shape index (κ1) is 50.0. The van der Waals surface area contributed by atoms with Gasteiger partial charge in [-0.05, 0) is 67.8 Å². The summed E-state index contributed by atoms with van der Waals surface area (Å²) in [5.41, 5.74) is 10.1. The predicted molar refractivity (Wildman–Crippen MR) is 282 cm³/mol. The van der Waals surface area contributed by atoms with Crippen molar-refractivity contribution >= 4 is 71.1 Å². The third kappa shape index (κ3) is 10.1. The Labute approximate surface area is 429 Å². The fourth-order valence-electron chi connectivity index (χ4n) is 9.66. The number of nitrogens with one attached hydrogen (secondary N) is 2. The largest absolute Gasteiger partial charge is 0.491 e. The molecule has 7 aromatic rings. The first-order valence-corrected chi connectivity index (χ1v) is 27.9. The first-order valence-electron chi connectivity index (χ1n) is 24.2. The summed E-state index contributed by atoms with van der Waals surface area (Å²) in [5.74, 6) is 1.51. The van der Waals surface area contributed by atoms with Crippen molar-refractivity contribution in [1.29, 1.82) is 0 Å². The molecule has 1 atom stereocenters. The zero-order valence-electron chi connectivity index (χ0n) is 42.0. The second-order valence-corrected chi connectivity index (χ2v) is 22.9. The molecular formula is C52H57N11O9S2. The second-order valence-electron chi connectivity index (χ2n) is 18.9. The molecule has 22 heteroatoms. The number of benzene rings is 2. The van der Waals surface area contributed by atoms with Crippen LogP contribution < -0.4 is 34.3 Å². The zero-order valence-corrected chi connectivity index (χ0v) is 43.6. The molecule has 20 nitrogen and oxygen atoms in total. The molecule has 0 radical (unpaired) electrons. The van der Waals surface area contributed by atoms with Gasteiger partial charge in [-0.1, -0.05) is 24.3 Å². The molecule has 74 heavy (non-hydrogen) atoms. The number of hydrogen-bond donors (Lipinski definition) is 2. The maximum absolute atomic E-state index is 13.7. The number of carbonyl (C=O) groups excluding carboxylic acids is 1. The van der Waals surface area contributed by atoms with E-state index in [9.17, 15) is 26.4 Å². The molecule has 9 heterocycles. The number of para-hydroxylation sites is 4. The summed E-state index contributed by atoms with van der Waals surface area (Å²) >= 11 is 0. The third-order valence-corrected chi connectivity index (χ3v) is 16.0. The van der Waals surface area contributed by atoms with Gasteiger partial charge in [0, 0.05) is 88.7 Å². The van der Waals surface area contributed by atoms with Crippen molar-refractivity contribution in [2.24, 2.45) is 7.05 Å². The Kier molecular flexibility index (Phi) is 13.5. The van der Waals surface area contributed by atoms with Crippen LogP contribution in [0.5, 0.6) is 11.5 Å². The number of carbonyl (C=O) groups is 1. The molecule has 1 amide bonds. The molecule has 0 bridgehead atoms. The van der Waals surface area contributed by atoms with E-state index in [1.165, 1.54) is 22.7 Å². The molecule has 2 aromatic carbocycles. The van der Waals surface area contributed by atoms with Crippen molar-refractivity contribution in [2.45, 2.75) is 57.7 Å². The second kappa shape index (κ2) is 20.0. The van der Waals surface area contributed by atoms with Gasteiger partial charge in [-0.25, -0.2) is 31.2 Å². The average Bonchev–Trinajstić information content (AvgIpc) is 4.17. The Morgan fingerprint density at radius 3 is 1.77 bits per heavy atom. The minimum absolute atomic E-state index is 0.127. The van der Waals surface area contributed by atoms with Gasteiger partial charge in [0.15, 0.2) is 11.9 Å². The maximum Gasteiger partial charge on any atom is 0.278 e. The Hall–Kier alpha value is -7.56. The molecule has 1 saturated heterocycles. The van der Waals surface area contributed by atoms with Gasteiger partial charge < -0.3 is 29.7 Å². The quantitative estimate of drug-likeness (QED) is 0.131. The molecule has 4 aliphatic rings. The van der Waals surface area contributed by atoms with Crippen LogP contribution in [0.4, 0.5) is 34.1 Å². The summed E-state index contributed by atoms with van der Waals surface area (Å²) in [6.45, 7) is 2.35. The highest BCUT2D eigenvalue weighted by Crippen LogP contribution is 2.37. The molecule has 11 rings (SSSR count). The molecule has 386 valence electrons. The third-order valence-electron chi connectivity index (χ3n) is 13.6. The number of ether oxygens (including phenoxy) is 3. The van der Waals surface area contributed by atoms with Crippen molar-refractivity contribution in [3.63, 3.8) is 0 Å². The molecule has 2 N–H and O–H groups in total. The molecule has 0 saturated carbocycles. The van der Waals surface area contributed by atoms with E-state index in [4.69, 9.17) is 24.2 Å². The number of fused-ring (bicyclic) bond motifs is 4. The smallest absolute Gasteiger partial charge is 0.278 e. The highest BCUT2D eigenvalue weighted by molar-refractivity contribution is 7.92. The normalized spacial score (nSPS) is 15.9. The van der Waals surface area contributed by atoms with Gasteiger partial charge in [0.1, 0.15) is 16.9 Å². The van der Waals surface area contributed by atoms with Crippen LogP contribution in [0.1, 0.15) is 75.4 Å². The Bertz CT molecular complexity index is 3630. The summed E-state index contributed by atoms with van der Waals surface area (Å²) < 4.78 is 72.1. The SMILES string of the molecule is CN(c1ccccc1Nc1cc(Cc2cc3c(cn2)OCC3)nc2c1c(=O)n(C)n2C1CCCCO1)S(C)(=O)=O.CN1Cc2nc(Cc3cc4c(cn3)OCC4)cc(Nc3ccccc3N(C)S(C)(=O)=O)c2C1=O. The van der Waals surface area contributed by atoms with E-state index < -0.39 is 20.0 Å². The van der Waals surface area contributed by atoms with Crippen molar-refractivity contribution in [1.82, 2.24) is 34.2 Å². The van der Waals surface area contributed by atoms with E-state index >= 15 is 0 Å². The van der Waals surface area contributed by atoms with Gasteiger partial charge >= 0.3 is 0 Å². The van der Waals surface area contributed by atoms with Crippen LogP contribution in [0, 0.1) is 0 Å². The molecule has 1 fully saturated rings. The molecule has 1 unspecified atom stereocenters. The van der Waals surface area contributed by atoms with Crippen LogP contribution in [0.3, 0.4) is 0 Å². The Morgan fingerprint density at radius 1 is 0.676 bits per heavy atom. The van der Waals surface area contributed by atoms with E-state index in [-0.39, 0.29) is 17.7 Å². The van der Waals surface area contributed by atoms with Crippen LogP contribution in [-0.4, -0.2) is 110 Å².